The maximum Gasteiger partial charge on any atom is 0.317 e. The third-order valence-corrected chi connectivity index (χ3v) is 3.11. The van der Waals surface area contributed by atoms with Crippen molar-refractivity contribution >= 4 is 21.9 Å². The molecule has 1 rings (SSSR count). The summed E-state index contributed by atoms with van der Waals surface area (Å²) in [5, 5.41) is 8.69. The zero-order valence-electron chi connectivity index (χ0n) is 9.48. The molecule has 0 aliphatic heterocycles. The number of rotatable bonds is 5. The van der Waals surface area contributed by atoms with Crippen LogP contribution in [0.15, 0.2) is 28.7 Å². The Hall–Kier alpha value is -0.870. The smallest absolute Gasteiger partial charge is 0.317 e. The van der Waals surface area contributed by atoms with Crippen LogP contribution in [0.4, 0.5) is 0 Å². The molecule has 0 aliphatic carbocycles. The van der Waals surface area contributed by atoms with Crippen LogP contribution >= 0.6 is 15.9 Å². The minimum absolute atomic E-state index is 0.0810. The summed E-state index contributed by atoms with van der Waals surface area (Å²) in [6, 6.07) is 8.32. The quantitative estimate of drug-likeness (QED) is 0.903. The van der Waals surface area contributed by atoms with Crippen molar-refractivity contribution in [3.63, 3.8) is 0 Å². The lowest BCUT2D eigenvalue weighted by atomic mass is 10.1. The molecule has 88 valence electrons. The summed E-state index contributed by atoms with van der Waals surface area (Å²) in [6.07, 6.45) is 0.858. The van der Waals surface area contributed by atoms with Gasteiger partial charge in [0.25, 0.3) is 0 Å². The van der Waals surface area contributed by atoms with E-state index in [0.29, 0.717) is 0 Å². The van der Waals surface area contributed by atoms with Crippen LogP contribution in [0.2, 0.25) is 0 Å². The van der Waals surface area contributed by atoms with Crippen molar-refractivity contribution in [2.24, 2.45) is 0 Å². The molecule has 1 aromatic rings. The van der Waals surface area contributed by atoms with E-state index >= 15 is 0 Å². The van der Waals surface area contributed by atoms with Crippen LogP contribution in [0.5, 0.6) is 0 Å². The number of carboxylic acid groups (broad SMARTS) is 1. The Kier molecular flexibility index (Phi) is 4.96. The van der Waals surface area contributed by atoms with Gasteiger partial charge < -0.3 is 5.11 Å². The van der Waals surface area contributed by atoms with Gasteiger partial charge in [0.05, 0.1) is 6.54 Å². The second-order valence-corrected chi connectivity index (χ2v) is 4.90. The van der Waals surface area contributed by atoms with Crippen LogP contribution in [-0.4, -0.2) is 35.6 Å². The van der Waals surface area contributed by atoms with Gasteiger partial charge in [0.2, 0.25) is 0 Å². The molecule has 1 N–H and O–H groups in total. The molecule has 0 fully saturated rings. The number of hydrogen-bond acceptors (Lipinski definition) is 2. The monoisotopic (exact) mass is 285 g/mol. The zero-order valence-corrected chi connectivity index (χ0v) is 11.1. The van der Waals surface area contributed by atoms with Crippen LogP contribution in [0.25, 0.3) is 0 Å². The average molecular weight is 286 g/mol. The summed E-state index contributed by atoms with van der Waals surface area (Å²) in [5.74, 6) is -0.787. The first-order valence-corrected chi connectivity index (χ1v) is 5.95. The van der Waals surface area contributed by atoms with Crippen molar-refractivity contribution in [3.05, 3.63) is 34.3 Å². The van der Waals surface area contributed by atoms with E-state index in [2.05, 4.69) is 28.1 Å². The van der Waals surface area contributed by atoms with Gasteiger partial charge in [-0.3, -0.25) is 9.69 Å². The fourth-order valence-electron chi connectivity index (χ4n) is 1.49. The number of hydrogen-bond donors (Lipinski definition) is 1. The molecule has 0 heterocycles. The second kappa shape index (κ2) is 6.01. The highest BCUT2D eigenvalue weighted by Crippen LogP contribution is 2.13. The van der Waals surface area contributed by atoms with Gasteiger partial charge in [0, 0.05) is 10.5 Å². The molecule has 0 amide bonds. The molecule has 0 aromatic heterocycles. The van der Waals surface area contributed by atoms with E-state index in [1.807, 2.05) is 31.0 Å². The summed E-state index contributed by atoms with van der Waals surface area (Å²) >= 11 is 3.39. The third-order valence-electron chi connectivity index (χ3n) is 2.58. The zero-order chi connectivity index (χ0) is 12.1. The fraction of sp³-hybridized carbons (Fsp3) is 0.417. The number of carboxylic acids is 1. The molecule has 16 heavy (non-hydrogen) atoms. The molecule has 0 radical (unpaired) electrons. The predicted molar refractivity (Wildman–Crippen MR) is 67.6 cm³/mol. The fourth-order valence-corrected chi connectivity index (χ4v) is 1.75. The Balaban J connectivity index is 2.53. The van der Waals surface area contributed by atoms with Crippen LogP contribution in [0, 0.1) is 0 Å². The van der Waals surface area contributed by atoms with Gasteiger partial charge in [-0.1, -0.05) is 28.1 Å². The Bertz CT molecular complexity index is 351. The van der Waals surface area contributed by atoms with Crippen LogP contribution in [0.3, 0.4) is 0 Å². The first kappa shape index (κ1) is 13.2. The molecule has 0 aliphatic rings. The number of aliphatic carboxylic acids is 1. The number of nitrogens with zero attached hydrogens (tertiary/aromatic N) is 1. The van der Waals surface area contributed by atoms with E-state index in [1.165, 1.54) is 5.56 Å². The normalized spacial score (nSPS) is 12.8. The standard InChI is InChI=1S/C12H16BrNO2/c1-9(14(2)8-12(15)16)7-10-3-5-11(13)6-4-10/h3-6,9H,7-8H2,1-2H3,(H,15,16). The Labute approximate surface area is 104 Å². The van der Waals surface area contributed by atoms with Crippen molar-refractivity contribution < 1.29 is 9.90 Å². The SMILES string of the molecule is CC(Cc1ccc(Br)cc1)N(C)CC(=O)O. The molecule has 0 bridgehead atoms. The van der Waals surface area contributed by atoms with Crippen LogP contribution < -0.4 is 0 Å². The van der Waals surface area contributed by atoms with E-state index < -0.39 is 5.97 Å². The molecule has 1 atom stereocenters. The highest BCUT2D eigenvalue weighted by Gasteiger charge is 2.12. The molecule has 0 spiro atoms. The number of halogens is 1. The van der Waals surface area contributed by atoms with Crippen molar-refractivity contribution in [1.82, 2.24) is 4.90 Å². The molecular formula is C12H16BrNO2. The van der Waals surface area contributed by atoms with Crippen molar-refractivity contribution in [3.8, 4) is 0 Å². The van der Waals surface area contributed by atoms with Gasteiger partial charge in [0.1, 0.15) is 0 Å². The van der Waals surface area contributed by atoms with E-state index in [4.69, 9.17) is 5.11 Å². The van der Waals surface area contributed by atoms with Gasteiger partial charge >= 0.3 is 5.97 Å². The van der Waals surface area contributed by atoms with E-state index in [9.17, 15) is 4.79 Å². The maximum absolute atomic E-state index is 10.6. The number of carbonyl (C=O) groups is 1. The lowest BCUT2D eigenvalue weighted by Gasteiger charge is -2.22. The summed E-state index contributed by atoms with van der Waals surface area (Å²) in [7, 11) is 1.83. The number of likely N-dealkylation sites (N-methyl/N-ethyl adjacent to an activating group) is 1. The third kappa shape index (κ3) is 4.33. The van der Waals surface area contributed by atoms with Crippen molar-refractivity contribution in [1.29, 1.82) is 0 Å². The highest BCUT2D eigenvalue weighted by atomic mass is 79.9. The first-order valence-electron chi connectivity index (χ1n) is 5.15. The topological polar surface area (TPSA) is 40.5 Å². The maximum atomic E-state index is 10.6. The Morgan fingerprint density at radius 1 is 1.44 bits per heavy atom. The molecule has 0 saturated carbocycles. The lowest BCUT2D eigenvalue weighted by Crippen LogP contribution is -2.35. The first-order chi connectivity index (χ1) is 7.49. The molecular weight excluding hydrogens is 270 g/mol. The largest absolute Gasteiger partial charge is 0.480 e. The van der Waals surface area contributed by atoms with E-state index in [1.54, 1.807) is 0 Å². The van der Waals surface area contributed by atoms with Gasteiger partial charge in [-0.25, -0.2) is 0 Å². The molecule has 3 nitrogen and oxygen atoms in total. The predicted octanol–water partition coefficient (Wildman–Crippen LogP) is 2.40. The lowest BCUT2D eigenvalue weighted by molar-refractivity contribution is -0.138. The minimum atomic E-state index is -0.787. The van der Waals surface area contributed by atoms with Crippen LogP contribution in [-0.2, 0) is 11.2 Å². The summed E-state index contributed by atoms with van der Waals surface area (Å²) < 4.78 is 1.06. The molecule has 1 aromatic carbocycles. The van der Waals surface area contributed by atoms with E-state index in [0.717, 1.165) is 10.9 Å². The molecule has 4 heteroatoms. The van der Waals surface area contributed by atoms with Crippen molar-refractivity contribution in [2.45, 2.75) is 19.4 Å². The van der Waals surface area contributed by atoms with Gasteiger partial charge in [-0.2, -0.15) is 0 Å². The highest BCUT2D eigenvalue weighted by molar-refractivity contribution is 9.10. The second-order valence-electron chi connectivity index (χ2n) is 3.99. The van der Waals surface area contributed by atoms with Gasteiger partial charge in [0.15, 0.2) is 0 Å². The van der Waals surface area contributed by atoms with Crippen LogP contribution in [0.1, 0.15) is 12.5 Å². The Morgan fingerprint density at radius 3 is 2.50 bits per heavy atom. The summed E-state index contributed by atoms with van der Waals surface area (Å²) in [6.45, 7) is 2.11. The summed E-state index contributed by atoms with van der Waals surface area (Å²) in [5.41, 5.74) is 1.22. The average Bonchev–Trinajstić information content (AvgIpc) is 2.20. The van der Waals surface area contributed by atoms with Crippen molar-refractivity contribution in [2.75, 3.05) is 13.6 Å². The molecule has 1 unspecified atom stereocenters. The van der Waals surface area contributed by atoms with E-state index in [-0.39, 0.29) is 12.6 Å². The number of benzene rings is 1. The summed E-state index contributed by atoms with van der Waals surface area (Å²) in [4.78, 5) is 12.4. The minimum Gasteiger partial charge on any atom is -0.480 e. The van der Waals surface area contributed by atoms with Gasteiger partial charge in [-0.05, 0) is 38.1 Å². The molecule has 0 saturated heterocycles. The Morgan fingerprint density at radius 2 is 2.00 bits per heavy atom. The van der Waals surface area contributed by atoms with Gasteiger partial charge in [-0.15, -0.1) is 0 Å².